The van der Waals surface area contributed by atoms with Gasteiger partial charge in [0.15, 0.2) is 0 Å². The first-order chi connectivity index (χ1) is 11.9. The first-order valence-electron chi connectivity index (χ1n) is 7.98. The van der Waals surface area contributed by atoms with Crippen molar-refractivity contribution in [1.82, 2.24) is 15.1 Å². The Bertz CT molecular complexity index is 830. The molecule has 3 amide bonds. The number of aryl methyl sites for hydroxylation is 2. The number of nitrogens with zero attached hydrogens (tertiary/aromatic N) is 3. The number of hydrogen-bond donors (Lipinski definition) is 1. The lowest BCUT2D eigenvalue weighted by atomic mass is 10.1. The molecule has 0 aliphatic carbocycles. The zero-order chi connectivity index (χ0) is 18.0. The summed E-state index contributed by atoms with van der Waals surface area (Å²) in [6, 6.07) is 6.06. The Morgan fingerprint density at radius 3 is 2.60 bits per heavy atom. The molecule has 0 unspecified atom stereocenters. The van der Waals surface area contributed by atoms with Crippen molar-refractivity contribution in [2.45, 2.75) is 33.1 Å². The number of carbonyl (C=O) groups excluding carboxylic acids is 3. The maximum Gasteiger partial charge on any atom is 0.229 e. The summed E-state index contributed by atoms with van der Waals surface area (Å²) in [5, 5.41) is 11.9. The van der Waals surface area contributed by atoms with Gasteiger partial charge in [0.1, 0.15) is 5.01 Å². The number of aromatic nitrogens is 2. The van der Waals surface area contributed by atoms with E-state index in [0.29, 0.717) is 5.13 Å². The molecular formula is C17H18N4O3S. The highest BCUT2D eigenvalue weighted by Gasteiger charge is 2.28. The van der Waals surface area contributed by atoms with Crippen LogP contribution < -0.4 is 5.32 Å². The first kappa shape index (κ1) is 17.2. The summed E-state index contributed by atoms with van der Waals surface area (Å²) >= 11 is 1.29. The molecule has 1 fully saturated rings. The van der Waals surface area contributed by atoms with E-state index in [4.69, 9.17) is 0 Å². The Morgan fingerprint density at radius 1 is 1.20 bits per heavy atom. The van der Waals surface area contributed by atoms with Crippen molar-refractivity contribution in [1.29, 1.82) is 0 Å². The van der Waals surface area contributed by atoms with E-state index < -0.39 is 0 Å². The number of imide groups is 1. The SMILES string of the molecule is Cc1ccc(-c2nnc(NC(=O)CCN3C(=O)CCC3=O)s2)c(C)c1. The predicted octanol–water partition coefficient (Wildman–Crippen LogP) is 2.30. The van der Waals surface area contributed by atoms with Gasteiger partial charge in [-0.2, -0.15) is 0 Å². The summed E-state index contributed by atoms with van der Waals surface area (Å²) in [6.45, 7) is 4.14. The van der Waals surface area contributed by atoms with Crippen LogP contribution in [-0.2, 0) is 14.4 Å². The Morgan fingerprint density at radius 2 is 1.92 bits per heavy atom. The highest BCUT2D eigenvalue weighted by molar-refractivity contribution is 7.18. The zero-order valence-electron chi connectivity index (χ0n) is 14.0. The molecule has 0 bridgehead atoms. The quantitative estimate of drug-likeness (QED) is 0.828. The Balaban J connectivity index is 1.60. The maximum atomic E-state index is 12.0. The molecule has 1 N–H and O–H groups in total. The van der Waals surface area contributed by atoms with Gasteiger partial charge in [0.05, 0.1) is 0 Å². The number of hydrogen-bond acceptors (Lipinski definition) is 6. The minimum absolute atomic E-state index is 0.0515. The Kier molecular flexibility index (Phi) is 4.89. The second-order valence-corrected chi connectivity index (χ2v) is 6.95. The second-order valence-electron chi connectivity index (χ2n) is 5.97. The van der Waals surface area contributed by atoms with Crippen LogP contribution in [0.3, 0.4) is 0 Å². The van der Waals surface area contributed by atoms with E-state index in [0.717, 1.165) is 21.0 Å². The molecule has 0 radical (unpaired) electrons. The third-order valence-corrected chi connectivity index (χ3v) is 4.87. The Hall–Kier alpha value is -2.61. The predicted molar refractivity (Wildman–Crippen MR) is 94.0 cm³/mol. The molecule has 1 aliphatic rings. The highest BCUT2D eigenvalue weighted by Crippen LogP contribution is 2.29. The highest BCUT2D eigenvalue weighted by atomic mass is 32.1. The zero-order valence-corrected chi connectivity index (χ0v) is 14.9. The van der Waals surface area contributed by atoms with Crippen LogP contribution in [-0.4, -0.2) is 39.4 Å². The third-order valence-electron chi connectivity index (χ3n) is 4.00. The van der Waals surface area contributed by atoms with Gasteiger partial charge in [0.25, 0.3) is 0 Å². The first-order valence-corrected chi connectivity index (χ1v) is 8.80. The van der Waals surface area contributed by atoms with Gasteiger partial charge in [-0.15, -0.1) is 10.2 Å². The fourth-order valence-corrected chi connectivity index (χ4v) is 3.55. The average molecular weight is 358 g/mol. The fraction of sp³-hybridized carbons (Fsp3) is 0.353. The van der Waals surface area contributed by atoms with Crippen molar-refractivity contribution in [2.24, 2.45) is 0 Å². The molecule has 2 heterocycles. The van der Waals surface area contributed by atoms with E-state index in [1.54, 1.807) is 0 Å². The van der Waals surface area contributed by atoms with Gasteiger partial charge in [-0.05, 0) is 19.4 Å². The van der Waals surface area contributed by atoms with Crippen LogP contribution in [0.15, 0.2) is 18.2 Å². The third kappa shape index (κ3) is 3.90. The molecule has 7 nitrogen and oxygen atoms in total. The number of amides is 3. The van der Waals surface area contributed by atoms with Crippen molar-refractivity contribution >= 4 is 34.2 Å². The normalized spacial score (nSPS) is 14.2. The van der Waals surface area contributed by atoms with Gasteiger partial charge in [-0.1, -0.05) is 35.1 Å². The van der Waals surface area contributed by atoms with E-state index in [1.165, 1.54) is 16.9 Å². The van der Waals surface area contributed by atoms with Gasteiger partial charge < -0.3 is 5.32 Å². The molecule has 130 valence electrons. The van der Waals surface area contributed by atoms with Crippen LogP contribution in [0.5, 0.6) is 0 Å². The molecular weight excluding hydrogens is 340 g/mol. The van der Waals surface area contributed by atoms with Crippen LogP contribution >= 0.6 is 11.3 Å². The van der Waals surface area contributed by atoms with Crippen LogP contribution in [0.25, 0.3) is 10.6 Å². The number of benzene rings is 1. The molecule has 0 saturated carbocycles. The van der Waals surface area contributed by atoms with E-state index in [2.05, 4.69) is 21.6 Å². The molecule has 0 spiro atoms. The van der Waals surface area contributed by atoms with Crippen LogP contribution in [0, 0.1) is 13.8 Å². The molecule has 3 rings (SSSR count). The lowest BCUT2D eigenvalue weighted by Crippen LogP contribution is -2.32. The summed E-state index contributed by atoms with van der Waals surface area (Å²) in [7, 11) is 0. The number of likely N-dealkylation sites (tertiary alicyclic amines) is 1. The molecule has 0 atom stereocenters. The van der Waals surface area contributed by atoms with E-state index in [-0.39, 0.29) is 43.5 Å². The Labute approximate surface area is 149 Å². The van der Waals surface area contributed by atoms with Gasteiger partial charge >= 0.3 is 0 Å². The van der Waals surface area contributed by atoms with E-state index in [9.17, 15) is 14.4 Å². The van der Waals surface area contributed by atoms with Crippen LogP contribution in [0.4, 0.5) is 5.13 Å². The summed E-state index contributed by atoms with van der Waals surface area (Å²) in [6.07, 6.45) is 0.516. The molecule has 25 heavy (non-hydrogen) atoms. The minimum Gasteiger partial charge on any atom is -0.300 e. The van der Waals surface area contributed by atoms with Crippen LogP contribution in [0.1, 0.15) is 30.4 Å². The maximum absolute atomic E-state index is 12.0. The monoisotopic (exact) mass is 358 g/mol. The molecule has 2 aromatic rings. The lowest BCUT2D eigenvalue weighted by molar-refractivity contribution is -0.138. The largest absolute Gasteiger partial charge is 0.300 e. The summed E-state index contributed by atoms with van der Waals surface area (Å²) < 4.78 is 0. The molecule has 1 aliphatic heterocycles. The fourth-order valence-electron chi connectivity index (χ4n) is 2.70. The number of carbonyl (C=O) groups is 3. The number of anilines is 1. The van der Waals surface area contributed by atoms with Crippen molar-refractivity contribution in [3.63, 3.8) is 0 Å². The lowest BCUT2D eigenvalue weighted by Gasteiger charge is -2.12. The average Bonchev–Trinajstić information content (AvgIpc) is 3.13. The van der Waals surface area contributed by atoms with Crippen molar-refractivity contribution in [2.75, 3.05) is 11.9 Å². The van der Waals surface area contributed by atoms with Gasteiger partial charge in [0, 0.05) is 31.4 Å². The van der Waals surface area contributed by atoms with E-state index in [1.807, 2.05) is 26.0 Å². The van der Waals surface area contributed by atoms with Gasteiger partial charge in [-0.3, -0.25) is 19.3 Å². The van der Waals surface area contributed by atoms with E-state index >= 15 is 0 Å². The van der Waals surface area contributed by atoms with Crippen molar-refractivity contribution in [3.8, 4) is 10.6 Å². The van der Waals surface area contributed by atoms with Gasteiger partial charge in [0.2, 0.25) is 22.9 Å². The molecule has 1 aromatic carbocycles. The number of rotatable bonds is 5. The summed E-state index contributed by atoms with van der Waals surface area (Å²) in [5.74, 6) is -0.729. The number of nitrogens with one attached hydrogen (secondary N) is 1. The smallest absolute Gasteiger partial charge is 0.229 e. The summed E-state index contributed by atoms with van der Waals surface area (Å²) in [4.78, 5) is 36.2. The van der Waals surface area contributed by atoms with Crippen molar-refractivity contribution < 1.29 is 14.4 Å². The van der Waals surface area contributed by atoms with Crippen molar-refractivity contribution in [3.05, 3.63) is 29.3 Å². The molecule has 1 aromatic heterocycles. The topological polar surface area (TPSA) is 92.3 Å². The second kappa shape index (κ2) is 7.10. The summed E-state index contributed by atoms with van der Waals surface area (Å²) in [5.41, 5.74) is 3.25. The molecule has 8 heteroatoms. The minimum atomic E-state index is -0.296. The van der Waals surface area contributed by atoms with Crippen LogP contribution in [0.2, 0.25) is 0 Å². The van der Waals surface area contributed by atoms with Gasteiger partial charge in [-0.25, -0.2) is 0 Å². The standard InChI is InChI=1S/C17H18N4O3S/c1-10-3-4-12(11(2)9-10)16-19-20-17(25-16)18-13(22)7-8-21-14(23)5-6-15(21)24/h3-4,9H,5-8H2,1-2H3,(H,18,20,22). The molecule has 1 saturated heterocycles.